The minimum Gasteiger partial charge on any atom is -1.00 e. The molecular weight excluding hydrogens is 730 g/mol. The molecule has 15 heteroatoms. The summed E-state index contributed by atoms with van der Waals surface area (Å²) in [6, 6.07) is 0. The summed E-state index contributed by atoms with van der Waals surface area (Å²) >= 11 is 0. The van der Waals surface area contributed by atoms with Crippen LogP contribution in [0.1, 0.15) is 79.5 Å². The van der Waals surface area contributed by atoms with Crippen molar-refractivity contribution in [3.63, 3.8) is 0 Å². The van der Waals surface area contributed by atoms with Crippen molar-refractivity contribution < 1.29 is 72.8 Å². The molecular formula is C38H66AlLiO11S2. The zero-order valence-electron chi connectivity index (χ0n) is 34.5. The molecule has 0 aliphatic carbocycles. The van der Waals surface area contributed by atoms with Crippen LogP contribution in [0.4, 0.5) is 0 Å². The molecule has 0 spiro atoms. The van der Waals surface area contributed by atoms with Crippen molar-refractivity contribution >= 4 is 50.3 Å². The first-order chi connectivity index (χ1) is 23.3. The molecule has 2 aromatic rings. The number of fused-ring (bicyclic) bond motifs is 2. The van der Waals surface area contributed by atoms with E-state index in [1.807, 2.05) is 41.5 Å². The predicted molar refractivity (Wildman–Crippen MR) is 218 cm³/mol. The smallest absolute Gasteiger partial charge is 1.00 e. The summed E-state index contributed by atoms with van der Waals surface area (Å²) in [7, 11) is 3.28. The maximum Gasteiger partial charge on any atom is 1.00 e. The number of ether oxygens (including phenoxy) is 9. The number of methoxy groups -OCH3 is 2. The number of hydrogen-bond donors (Lipinski definition) is 1. The van der Waals surface area contributed by atoms with Gasteiger partial charge in [-0.1, -0.05) is 0 Å². The molecule has 2 heterocycles. The van der Waals surface area contributed by atoms with Gasteiger partial charge in [-0.3, -0.25) is 0 Å². The van der Waals surface area contributed by atoms with Crippen molar-refractivity contribution in [2.75, 3.05) is 67.4 Å². The average molecular weight is 797 g/mol. The Kier molecular flexibility index (Phi) is 25.5. The molecule has 300 valence electrons. The summed E-state index contributed by atoms with van der Waals surface area (Å²) in [5.74, 6) is 3.05. The Hall–Kier alpha value is -1.26. The molecule has 0 saturated heterocycles. The van der Waals surface area contributed by atoms with Crippen molar-refractivity contribution in [2.45, 2.75) is 99.2 Å². The Labute approximate surface area is 355 Å². The summed E-state index contributed by atoms with van der Waals surface area (Å²) in [5.41, 5.74) is 7.03. The fraction of sp³-hybridized carbons (Fsp3) is 0.658. The number of rotatable bonds is 15. The third-order valence-electron chi connectivity index (χ3n) is 9.53. The topological polar surface area (TPSA) is 120 Å². The number of esters is 1. The second-order valence-corrected chi connectivity index (χ2v) is 13.1. The van der Waals surface area contributed by atoms with Crippen LogP contribution in [0.5, 0.6) is 23.0 Å². The van der Waals surface area contributed by atoms with Crippen LogP contribution in [-0.2, 0) is 41.3 Å². The minimum atomic E-state index is -0.946. The van der Waals surface area contributed by atoms with E-state index in [4.69, 9.17) is 42.6 Å². The summed E-state index contributed by atoms with van der Waals surface area (Å²) in [4.78, 5) is 12.3. The largest absolute Gasteiger partial charge is 1.00 e. The van der Waals surface area contributed by atoms with Gasteiger partial charge in [0.1, 0.15) is 28.6 Å². The Morgan fingerprint density at radius 3 is 1.57 bits per heavy atom. The summed E-state index contributed by atoms with van der Waals surface area (Å²) in [6.45, 7) is 20.5. The molecule has 4 rings (SSSR count). The van der Waals surface area contributed by atoms with Gasteiger partial charge in [0.25, 0.3) is 0 Å². The van der Waals surface area contributed by atoms with E-state index in [2.05, 4.69) is 6.92 Å². The van der Waals surface area contributed by atoms with E-state index in [0.717, 1.165) is 81.2 Å². The minimum absolute atomic E-state index is 0. The summed E-state index contributed by atoms with van der Waals surface area (Å²) in [5, 5.41) is 9.57. The van der Waals surface area contributed by atoms with Crippen LogP contribution in [-0.4, -0.2) is 107 Å². The van der Waals surface area contributed by atoms with Gasteiger partial charge in [0.15, 0.2) is 30.9 Å². The predicted octanol–water partition coefficient (Wildman–Crippen LogP) is 2.10. The van der Waals surface area contributed by atoms with E-state index in [1.54, 1.807) is 28.1 Å². The van der Waals surface area contributed by atoms with Gasteiger partial charge >= 0.3 is 24.8 Å². The molecule has 2 aromatic carbocycles. The first kappa shape index (κ1) is 53.8. The van der Waals surface area contributed by atoms with Crippen LogP contribution >= 0.6 is 27.0 Å². The second-order valence-electron chi connectivity index (χ2n) is 13.1. The van der Waals surface area contributed by atoms with E-state index in [1.165, 1.54) is 5.56 Å². The standard InChI is InChI=1S/C20H30O6.C18H28O5.Al.Li.2H2S.4H/c1-7-24-19(21)20(5)9-8-16-15(4)17(25-12-23-11-10-22-6)13(2)14(3)18(16)26-20;1-12-13(2)17-15(6-7-18(4,10-19)23-17)14(3)16(12)22-11-21-9-8-20-5;;;;;;;;/h7-12H2,1-6H3;19H,6-11H2,1-5H3;;;2*1H2;;;;/q;;;+1;;;;;;-1/t20-;18-;;;;;;;;/m00......../s1. The first-order valence-electron chi connectivity index (χ1n) is 17.1. The summed E-state index contributed by atoms with van der Waals surface area (Å²) in [6.07, 6.45) is 2.98. The van der Waals surface area contributed by atoms with Gasteiger partial charge < -0.3 is 49.2 Å². The molecule has 1 N–H and O–H groups in total. The van der Waals surface area contributed by atoms with Crippen LogP contribution in [0.15, 0.2) is 0 Å². The van der Waals surface area contributed by atoms with E-state index in [9.17, 15) is 9.90 Å². The van der Waals surface area contributed by atoms with Gasteiger partial charge in [-0.2, -0.15) is 27.0 Å². The molecule has 11 nitrogen and oxygen atoms in total. The molecule has 0 unspecified atom stereocenters. The molecule has 0 fully saturated rings. The molecule has 0 radical (unpaired) electrons. The van der Waals surface area contributed by atoms with Gasteiger partial charge in [0.05, 0.1) is 39.6 Å². The molecule has 0 amide bonds. The number of carbonyl (C=O) groups excluding carboxylic acids is 1. The van der Waals surface area contributed by atoms with Crippen LogP contribution in [0.2, 0.25) is 0 Å². The molecule has 2 aliphatic rings. The molecule has 53 heavy (non-hydrogen) atoms. The van der Waals surface area contributed by atoms with Crippen LogP contribution in [0.3, 0.4) is 0 Å². The monoisotopic (exact) mass is 796 g/mol. The van der Waals surface area contributed by atoms with Crippen molar-refractivity contribution in [1.29, 1.82) is 0 Å². The van der Waals surface area contributed by atoms with E-state index in [0.29, 0.717) is 39.5 Å². The fourth-order valence-corrected chi connectivity index (χ4v) is 6.09. The number of aliphatic hydroxyl groups is 1. The van der Waals surface area contributed by atoms with Crippen LogP contribution < -0.4 is 37.8 Å². The van der Waals surface area contributed by atoms with Crippen molar-refractivity contribution in [3.8, 4) is 23.0 Å². The SMILES string of the molecule is CCOC(=O)[C@]1(C)CCc2c(C)c(OCOCCOC)c(C)c(C)c2O1.COCCOCOc1c(C)c(C)c2c(c1C)CC[C@@](C)(CO)O2.S.S.[AlH3].[H-].[Li+]. The van der Waals surface area contributed by atoms with E-state index >= 15 is 0 Å². The van der Waals surface area contributed by atoms with Gasteiger partial charge in [-0.15, -0.1) is 0 Å². The third-order valence-corrected chi connectivity index (χ3v) is 9.53. The average Bonchev–Trinajstić information content (AvgIpc) is 3.09. The third kappa shape index (κ3) is 13.4. The normalized spacial score (nSPS) is 18.0. The number of hydrogen-bond acceptors (Lipinski definition) is 11. The van der Waals surface area contributed by atoms with Crippen LogP contribution in [0, 0.1) is 41.5 Å². The van der Waals surface area contributed by atoms with Crippen molar-refractivity contribution in [1.82, 2.24) is 0 Å². The quantitative estimate of drug-likeness (QED) is 0.124. The second kappa shape index (κ2) is 25.1. The molecule has 0 bridgehead atoms. The Balaban J connectivity index is -0.000000887. The fourth-order valence-electron chi connectivity index (χ4n) is 6.09. The number of aliphatic hydroxyl groups excluding tert-OH is 1. The zero-order valence-corrected chi connectivity index (χ0v) is 35.5. The van der Waals surface area contributed by atoms with E-state index < -0.39 is 11.2 Å². The first-order valence-corrected chi connectivity index (χ1v) is 17.1. The van der Waals surface area contributed by atoms with Crippen LogP contribution in [0.25, 0.3) is 0 Å². The van der Waals surface area contributed by atoms with Crippen molar-refractivity contribution in [3.05, 3.63) is 44.5 Å². The maximum atomic E-state index is 12.3. The van der Waals surface area contributed by atoms with E-state index in [-0.39, 0.29) is 90.8 Å². The van der Waals surface area contributed by atoms with Crippen molar-refractivity contribution in [2.24, 2.45) is 0 Å². The van der Waals surface area contributed by atoms with Gasteiger partial charge in [-0.25, -0.2) is 4.79 Å². The maximum absolute atomic E-state index is 12.3. The summed E-state index contributed by atoms with van der Waals surface area (Å²) < 4.78 is 49.9. The van der Waals surface area contributed by atoms with Gasteiger partial charge in [0, 0.05) is 31.8 Å². The Morgan fingerprint density at radius 1 is 0.717 bits per heavy atom. The van der Waals surface area contributed by atoms with Gasteiger partial charge in [0.2, 0.25) is 5.60 Å². The zero-order chi connectivity index (χ0) is 36.4. The number of benzene rings is 2. The molecule has 0 aromatic heterocycles. The molecule has 2 aliphatic heterocycles. The Bertz CT molecular complexity index is 1460. The molecule has 2 atom stereocenters. The Morgan fingerprint density at radius 2 is 1.15 bits per heavy atom. The molecule has 0 saturated carbocycles. The number of carbonyl (C=O) groups is 1. The van der Waals surface area contributed by atoms with Gasteiger partial charge in [-0.05, 0) is 115 Å².